The molecule has 0 aromatic carbocycles. The van der Waals surface area contributed by atoms with Gasteiger partial charge in [-0.3, -0.25) is 0 Å². The first kappa shape index (κ1) is 9.36. The molecular weight excluding hydrogens is 251 g/mol. The Hall–Kier alpha value is 0.270. The first-order valence-corrected chi connectivity index (χ1v) is 5.14. The number of hydrogen-bond donors (Lipinski definition) is 0. The highest BCUT2D eigenvalue weighted by atomic mass is 127. The Balaban J connectivity index is 2.70. The van der Waals surface area contributed by atoms with Gasteiger partial charge in [-0.15, -0.1) is 0 Å². The van der Waals surface area contributed by atoms with Gasteiger partial charge in [0.15, 0.2) is 3.77 Å². The molecule has 0 N–H and O–H groups in total. The molecule has 1 heterocycles. The molecule has 0 fully saturated rings. The van der Waals surface area contributed by atoms with E-state index in [9.17, 15) is 0 Å². The SMILES string of the molecule is CC1=C(I)OC(C(C)C)C1C. The predicted octanol–water partition coefficient (Wildman–Crippen LogP) is 3.34. The molecule has 1 aliphatic heterocycles. The number of rotatable bonds is 1. The van der Waals surface area contributed by atoms with E-state index in [1.165, 1.54) is 5.57 Å². The van der Waals surface area contributed by atoms with Crippen molar-refractivity contribution in [1.82, 2.24) is 0 Å². The molecule has 0 aliphatic carbocycles. The summed E-state index contributed by atoms with van der Waals surface area (Å²) in [5.41, 5.74) is 1.41. The molecule has 1 rings (SSSR count). The third kappa shape index (κ3) is 1.71. The van der Waals surface area contributed by atoms with Crippen LogP contribution in [0, 0.1) is 11.8 Å². The van der Waals surface area contributed by atoms with Gasteiger partial charge in [0.1, 0.15) is 6.10 Å². The summed E-state index contributed by atoms with van der Waals surface area (Å²) >= 11 is 2.28. The molecule has 2 atom stereocenters. The lowest BCUT2D eigenvalue weighted by molar-refractivity contribution is 0.0923. The van der Waals surface area contributed by atoms with Crippen LogP contribution in [0.3, 0.4) is 0 Å². The van der Waals surface area contributed by atoms with E-state index in [0.29, 0.717) is 17.9 Å². The summed E-state index contributed by atoms with van der Waals surface area (Å²) in [6.07, 6.45) is 0.405. The molecule has 0 aromatic rings. The summed E-state index contributed by atoms with van der Waals surface area (Å²) in [6, 6.07) is 0. The molecule has 0 spiro atoms. The second kappa shape index (κ2) is 3.33. The molecule has 2 heteroatoms. The van der Waals surface area contributed by atoms with E-state index >= 15 is 0 Å². The highest BCUT2D eigenvalue weighted by Gasteiger charge is 2.31. The van der Waals surface area contributed by atoms with Crippen molar-refractivity contribution in [1.29, 1.82) is 0 Å². The molecule has 0 aromatic heterocycles. The van der Waals surface area contributed by atoms with Crippen LogP contribution >= 0.6 is 22.6 Å². The van der Waals surface area contributed by atoms with E-state index in [-0.39, 0.29) is 0 Å². The molecule has 0 saturated heterocycles. The summed E-state index contributed by atoms with van der Waals surface area (Å²) < 4.78 is 6.82. The van der Waals surface area contributed by atoms with Gasteiger partial charge in [-0.1, -0.05) is 20.8 Å². The minimum atomic E-state index is 0.405. The van der Waals surface area contributed by atoms with E-state index in [1.807, 2.05) is 0 Å². The highest BCUT2D eigenvalue weighted by molar-refractivity contribution is 14.1. The maximum atomic E-state index is 5.71. The normalized spacial score (nSPS) is 31.5. The third-order valence-electron chi connectivity index (χ3n) is 2.38. The Bertz CT molecular complexity index is 184. The van der Waals surface area contributed by atoms with Gasteiger partial charge >= 0.3 is 0 Å². The molecule has 0 amide bonds. The van der Waals surface area contributed by atoms with Crippen LogP contribution in [0.5, 0.6) is 0 Å². The Labute approximate surface area is 82.3 Å². The minimum absolute atomic E-state index is 0.405. The molecule has 1 nitrogen and oxygen atoms in total. The lowest BCUT2D eigenvalue weighted by atomic mass is 9.92. The first-order valence-electron chi connectivity index (χ1n) is 4.07. The van der Waals surface area contributed by atoms with E-state index in [2.05, 4.69) is 50.3 Å². The molecular formula is C9H15IO. The molecule has 0 saturated carbocycles. The third-order valence-corrected chi connectivity index (χ3v) is 3.49. The summed E-state index contributed by atoms with van der Waals surface area (Å²) in [4.78, 5) is 0. The second-order valence-electron chi connectivity index (χ2n) is 3.57. The van der Waals surface area contributed by atoms with Crippen molar-refractivity contribution in [2.24, 2.45) is 11.8 Å². The number of halogens is 1. The largest absolute Gasteiger partial charge is 0.484 e. The van der Waals surface area contributed by atoms with Crippen molar-refractivity contribution >= 4 is 22.6 Å². The van der Waals surface area contributed by atoms with Crippen molar-refractivity contribution in [2.45, 2.75) is 33.8 Å². The lowest BCUT2D eigenvalue weighted by Crippen LogP contribution is -2.21. The van der Waals surface area contributed by atoms with Crippen LogP contribution in [-0.4, -0.2) is 6.10 Å². The van der Waals surface area contributed by atoms with Crippen molar-refractivity contribution in [3.8, 4) is 0 Å². The number of hydrogen-bond acceptors (Lipinski definition) is 1. The standard InChI is InChI=1S/C9H15IO/c1-5(2)8-6(3)7(4)9(10)11-8/h5-6,8H,1-4H3. The summed E-state index contributed by atoms with van der Waals surface area (Å²) in [6.45, 7) is 8.83. The maximum Gasteiger partial charge on any atom is 0.156 e. The quantitative estimate of drug-likeness (QED) is 0.661. The van der Waals surface area contributed by atoms with E-state index in [4.69, 9.17) is 4.74 Å². The molecule has 64 valence electrons. The van der Waals surface area contributed by atoms with E-state index in [1.54, 1.807) is 0 Å². The highest BCUT2D eigenvalue weighted by Crippen LogP contribution is 2.37. The van der Waals surface area contributed by atoms with Gasteiger partial charge in [-0.2, -0.15) is 0 Å². The summed E-state index contributed by atoms with van der Waals surface area (Å²) in [7, 11) is 0. The molecule has 11 heavy (non-hydrogen) atoms. The average Bonchev–Trinajstić information content (AvgIpc) is 2.17. The van der Waals surface area contributed by atoms with E-state index < -0.39 is 0 Å². The monoisotopic (exact) mass is 266 g/mol. The topological polar surface area (TPSA) is 9.23 Å². The predicted molar refractivity (Wildman–Crippen MR) is 55.6 cm³/mol. The van der Waals surface area contributed by atoms with Gasteiger partial charge in [0, 0.05) is 5.92 Å². The Morgan fingerprint density at radius 2 is 2.00 bits per heavy atom. The van der Waals surface area contributed by atoms with Crippen molar-refractivity contribution in [3.63, 3.8) is 0 Å². The van der Waals surface area contributed by atoms with E-state index in [0.717, 1.165) is 3.77 Å². The van der Waals surface area contributed by atoms with Crippen molar-refractivity contribution in [3.05, 3.63) is 9.34 Å². The fraction of sp³-hybridized carbons (Fsp3) is 0.778. The second-order valence-corrected chi connectivity index (χ2v) is 4.55. The van der Waals surface area contributed by atoms with Gasteiger partial charge in [-0.05, 0) is 41.0 Å². The Morgan fingerprint density at radius 3 is 2.18 bits per heavy atom. The molecule has 0 radical (unpaired) electrons. The van der Waals surface area contributed by atoms with Crippen LogP contribution in [0.1, 0.15) is 27.7 Å². The smallest absolute Gasteiger partial charge is 0.156 e. The van der Waals surface area contributed by atoms with Gasteiger partial charge < -0.3 is 4.74 Å². The zero-order chi connectivity index (χ0) is 8.59. The zero-order valence-electron chi connectivity index (χ0n) is 7.52. The van der Waals surface area contributed by atoms with Gasteiger partial charge in [0.2, 0.25) is 0 Å². The van der Waals surface area contributed by atoms with Gasteiger partial charge in [0.25, 0.3) is 0 Å². The summed E-state index contributed by atoms with van der Waals surface area (Å²) in [5, 5.41) is 0. The Kier molecular flexibility index (Phi) is 2.84. The van der Waals surface area contributed by atoms with Crippen LogP contribution in [0.4, 0.5) is 0 Å². The Morgan fingerprint density at radius 1 is 1.45 bits per heavy atom. The van der Waals surface area contributed by atoms with Crippen LogP contribution < -0.4 is 0 Å². The fourth-order valence-electron chi connectivity index (χ4n) is 1.45. The average molecular weight is 266 g/mol. The fourth-order valence-corrected chi connectivity index (χ4v) is 2.24. The van der Waals surface area contributed by atoms with Crippen molar-refractivity contribution in [2.75, 3.05) is 0 Å². The minimum Gasteiger partial charge on any atom is -0.484 e. The van der Waals surface area contributed by atoms with Crippen LogP contribution in [-0.2, 0) is 4.74 Å². The zero-order valence-corrected chi connectivity index (χ0v) is 9.68. The lowest BCUT2D eigenvalue weighted by Gasteiger charge is -2.19. The molecule has 2 unspecified atom stereocenters. The van der Waals surface area contributed by atoms with Crippen LogP contribution in [0.2, 0.25) is 0 Å². The van der Waals surface area contributed by atoms with Gasteiger partial charge in [-0.25, -0.2) is 0 Å². The van der Waals surface area contributed by atoms with Gasteiger partial charge in [0.05, 0.1) is 0 Å². The maximum absolute atomic E-state index is 5.71. The molecule has 1 aliphatic rings. The van der Waals surface area contributed by atoms with Crippen LogP contribution in [0.15, 0.2) is 9.34 Å². The molecule has 0 bridgehead atoms. The summed E-state index contributed by atoms with van der Waals surface area (Å²) in [5.74, 6) is 1.22. The van der Waals surface area contributed by atoms with Crippen molar-refractivity contribution < 1.29 is 4.74 Å². The van der Waals surface area contributed by atoms with Crippen LogP contribution in [0.25, 0.3) is 0 Å². The number of ether oxygens (including phenoxy) is 1. The first-order chi connectivity index (χ1) is 5.04.